The van der Waals surface area contributed by atoms with Crippen molar-refractivity contribution in [3.8, 4) is 6.07 Å². The van der Waals surface area contributed by atoms with Crippen molar-refractivity contribution < 1.29 is 0 Å². The standard InChI is InChI=1S/C14H12ClN3S/c1-7(2)18-11-8(4-3-5-10(11)15)13-12(18)9(6-16)14(17)19-13/h3-5,7H,17H2,1-2H3. The van der Waals surface area contributed by atoms with E-state index in [9.17, 15) is 5.26 Å². The second-order valence-corrected chi connectivity index (χ2v) is 6.19. The highest BCUT2D eigenvalue weighted by atomic mass is 35.5. The summed E-state index contributed by atoms with van der Waals surface area (Å²) in [5.41, 5.74) is 8.40. The Morgan fingerprint density at radius 2 is 2.11 bits per heavy atom. The zero-order valence-electron chi connectivity index (χ0n) is 10.6. The monoisotopic (exact) mass is 289 g/mol. The predicted octanol–water partition coefficient (Wildman–Crippen LogP) is 4.54. The van der Waals surface area contributed by atoms with Gasteiger partial charge in [0.2, 0.25) is 0 Å². The number of hydrogen-bond donors (Lipinski definition) is 1. The van der Waals surface area contributed by atoms with Gasteiger partial charge in [-0.05, 0) is 19.9 Å². The van der Waals surface area contributed by atoms with Gasteiger partial charge in [0.05, 0.1) is 20.8 Å². The zero-order valence-corrected chi connectivity index (χ0v) is 12.1. The van der Waals surface area contributed by atoms with E-state index in [0.717, 1.165) is 21.1 Å². The van der Waals surface area contributed by atoms with Crippen molar-refractivity contribution in [2.45, 2.75) is 19.9 Å². The summed E-state index contributed by atoms with van der Waals surface area (Å²) in [7, 11) is 0. The van der Waals surface area contributed by atoms with Gasteiger partial charge in [0.15, 0.2) is 0 Å². The molecule has 0 saturated carbocycles. The smallest absolute Gasteiger partial charge is 0.110 e. The normalized spacial score (nSPS) is 11.5. The summed E-state index contributed by atoms with van der Waals surface area (Å²) in [6, 6.07) is 8.26. The SMILES string of the molecule is CC(C)n1c2c(Cl)cccc2c2sc(N)c(C#N)c21. The maximum Gasteiger partial charge on any atom is 0.110 e. The highest BCUT2D eigenvalue weighted by Gasteiger charge is 2.21. The molecule has 0 spiro atoms. The number of para-hydroxylation sites is 1. The minimum absolute atomic E-state index is 0.209. The molecule has 19 heavy (non-hydrogen) atoms. The van der Waals surface area contributed by atoms with Crippen LogP contribution < -0.4 is 5.73 Å². The maximum atomic E-state index is 9.34. The number of fused-ring (bicyclic) bond motifs is 3. The number of hydrogen-bond acceptors (Lipinski definition) is 3. The highest BCUT2D eigenvalue weighted by Crippen LogP contribution is 2.43. The van der Waals surface area contributed by atoms with Gasteiger partial charge in [-0.25, -0.2) is 0 Å². The molecule has 0 atom stereocenters. The summed E-state index contributed by atoms with van der Waals surface area (Å²) in [5.74, 6) is 0. The Morgan fingerprint density at radius 1 is 1.37 bits per heavy atom. The van der Waals surface area contributed by atoms with Crippen molar-refractivity contribution >= 4 is 49.1 Å². The van der Waals surface area contributed by atoms with Gasteiger partial charge >= 0.3 is 0 Å². The van der Waals surface area contributed by atoms with E-state index in [1.165, 1.54) is 11.3 Å². The van der Waals surface area contributed by atoms with Crippen LogP contribution in [0.1, 0.15) is 25.5 Å². The summed E-state index contributed by atoms with van der Waals surface area (Å²) >= 11 is 7.80. The van der Waals surface area contributed by atoms with Gasteiger partial charge in [-0.3, -0.25) is 0 Å². The van der Waals surface area contributed by atoms with Gasteiger partial charge in [0, 0.05) is 11.4 Å². The van der Waals surface area contributed by atoms with Gasteiger partial charge in [0.25, 0.3) is 0 Å². The first-order valence-corrected chi connectivity index (χ1v) is 7.16. The van der Waals surface area contributed by atoms with Crippen molar-refractivity contribution in [2.75, 3.05) is 5.73 Å². The van der Waals surface area contributed by atoms with Crippen LogP contribution in [0.5, 0.6) is 0 Å². The Balaban J connectivity index is 2.66. The molecule has 0 radical (unpaired) electrons. The van der Waals surface area contributed by atoms with Crippen molar-refractivity contribution in [3.63, 3.8) is 0 Å². The van der Waals surface area contributed by atoms with Crippen LogP contribution in [0.4, 0.5) is 5.00 Å². The van der Waals surface area contributed by atoms with Crippen LogP contribution in [0.2, 0.25) is 5.02 Å². The van der Waals surface area contributed by atoms with E-state index in [-0.39, 0.29) is 6.04 Å². The molecule has 2 aromatic heterocycles. The molecule has 0 unspecified atom stereocenters. The van der Waals surface area contributed by atoms with Gasteiger partial charge in [-0.2, -0.15) is 5.26 Å². The number of halogens is 1. The minimum atomic E-state index is 0.209. The Morgan fingerprint density at radius 3 is 2.74 bits per heavy atom. The molecule has 3 rings (SSSR count). The molecular formula is C14H12ClN3S. The first-order chi connectivity index (χ1) is 9.06. The third kappa shape index (κ3) is 1.55. The number of nitrogen functional groups attached to an aromatic ring is 1. The van der Waals surface area contributed by atoms with E-state index in [1.54, 1.807) is 0 Å². The van der Waals surface area contributed by atoms with E-state index in [2.05, 4.69) is 24.5 Å². The molecule has 0 fully saturated rings. The van der Waals surface area contributed by atoms with E-state index in [1.807, 2.05) is 18.2 Å². The Bertz CT molecular complexity index is 836. The summed E-state index contributed by atoms with van der Waals surface area (Å²) in [5, 5.41) is 11.7. The van der Waals surface area contributed by atoms with Crippen LogP contribution in [0.25, 0.3) is 21.1 Å². The number of thiophene rings is 1. The Hall–Kier alpha value is -1.70. The molecule has 2 heterocycles. The highest BCUT2D eigenvalue weighted by molar-refractivity contribution is 7.24. The number of nitrogens with two attached hydrogens (primary N) is 1. The van der Waals surface area contributed by atoms with Crippen LogP contribution in [-0.4, -0.2) is 4.57 Å². The number of nitrogens with zero attached hydrogens (tertiary/aromatic N) is 2. The van der Waals surface area contributed by atoms with Gasteiger partial charge < -0.3 is 10.3 Å². The van der Waals surface area contributed by atoms with E-state index >= 15 is 0 Å². The molecule has 3 aromatic rings. The third-order valence-corrected chi connectivity index (χ3v) is 4.60. The van der Waals surface area contributed by atoms with Crippen LogP contribution in [0, 0.1) is 11.3 Å². The molecular weight excluding hydrogens is 278 g/mol. The molecule has 0 aliphatic rings. The van der Waals surface area contributed by atoms with Crippen LogP contribution in [0.15, 0.2) is 18.2 Å². The second-order valence-electron chi connectivity index (χ2n) is 4.73. The summed E-state index contributed by atoms with van der Waals surface area (Å²) in [4.78, 5) is 0. The summed E-state index contributed by atoms with van der Waals surface area (Å²) in [6.07, 6.45) is 0. The first kappa shape index (κ1) is 12.3. The average Bonchev–Trinajstić information content (AvgIpc) is 2.83. The number of rotatable bonds is 1. The van der Waals surface area contributed by atoms with E-state index in [4.69, 9.17) is 17.3 Å². The Labute approximate surface area is 119 Å². The second kappa shape index (κ2) is 4.16. The van der Waals surface area contributed by atoms with Crippen LogP contribution >= 0.6 is 22.9 Å². The molecule has 0 amide bonds. The lowest BCUT2D eigenvalue weighted by Crippen LogP contribution is -2.01. The number of nitriles is 1. The van der Waals surface area contributed by atoms with E-state index in [0.29, 0.717) is 15.6 Å². The van der Waals surface area contributed by atoms with Crippen LogP contribution in [0.3, 0.4) is 0 Å². The summed E-state index contributed by atoms with van der Waals surface area (Å²) < 4.78 is 3.15. The molecule has 3 nitrogen and oxygen atoms in total. The van der Waals surface area contributed by atoms with Gasteiger partial charge in [-0.15, -0.1) is 11.3 Å². The topological polar surface area (TPSA) is 54.7 Å². The molecule has 2 N–H and O–H groups in total. The summed E-state index contributed by atoms with van der Waals surface area (Å²) in [6.45, 7) is 4.16. The zero-order chi connectivity index (χ0) is 13.7. The molecule has 0 aliphatic carbocycles. The number of aromatic nitrogens is 1. The minimum Gasteiger partial charge on any atom is -0.389 e. The van der Waals surface area contributed by atoms with Gasteiger partial charge in [-0.1, -0.05) is 23.7 Å². The fraction of sp³-hybridized carbons (Fsp3) is 0.214. The lowest BCUT2D eigenvalue weighted by atomic mass is 10.2. The molecule has 96 valence electrons. The average molecular weight is 290 g/mol. The number of anilines is 1. The number of benzene rings is 1. The molecule has 0 bridgehead atoms. The lowest BCUT2D eigenvalue weighted by molar-refractivity contribution is 0.642. The largest absolute Gasteiger partial charge is 0.389 e. The van der Waals surface area contributed by atoms with Crippen LogP contribution in [-0.2, 0) is 0 Å². The lowest BCUT2D eigenvalue weighted by Gasteiger charge is -2.12. The molecule has 1 aromatic carbocycles. The quantitative estimate of drug-likeness (QED) is 0.715. The maximum absolute atomic E-state index is 9.34. The van der Waals surface area contributed by atoms with Gasteiger partial charge in [0.1, 0.15) is 16.6 Å². The molecule has 0 saturated heterocycles. The van der Waals surface area contributed by atoms with E-state index < -0.39 is 0 Å². The molecule has 5 heteroatoms. The fourth-order valence-electron chi connectivity index (χ4n) is 2.53. The van der Waals surface area contributed by atoms with Crippen molar-refractivity contribution in [3.05, 3.63) is 28.8 Å². The fourth-order valence-corrected chi connectivity index (χ4v) is 3.83. The van der Waals surface area contributed by atoms with Crippen molar-refractivity contribution in [1.82, 2.24) is 4.57 Å². The third-order valence-electron chi connectivity index (χ3n) is 3.25. The Kier molecular flexibility index (Phi) is 2.70. The van der Waals surface area contributed by atoms with Crippen molar-refractivity contribution in [2.24, 2.45) is 0 Å². The first-order valence-electron chi connectivity index (χ1n) is 5.96. The predicted molar refractivity (Wildman–Crippen MR) is 81.8 cm³/mol. The van der Waals surface area contributed by atoms with Crippen molar-refractivity contribution in [1.29, 1.82) is 5.26 Å². The molecule has 0 aliphatic heterocycles.